The molecule has 0 spiro atoms. The summed E-state index contributed by atoms with van der Waals surface area (Å²) in [6.07, 6.45) is 2.29. The highest BCUT2D eigenvalue weighted by Gasteiger charge is 2.17. The van der Waals surface area contributed by atoms with Crippen LogP contribution in [0.3, 0.4) is 0 Å². The van der Waals surface area contributed by atoms with Crippen LogP contribution in [0.2, 0.25) is 0 Å². The number of benzene rings is 3. The Hall–Kier alpha value is -2.30. The summed E-state index contributed by atoms with van der Waals surface area (Å²) in [6, 6.07) is 15.9. The van der Waals surface area contributed by atoms with Gasteiger partial charge in [0.05, 0.1) is 12.2 Å². The van der Waals surface area contributed by atoms with Gasteiger partial charge in [-0.05, 0) is 12.8 Å². The average molecular weight is 383 g/mol. The van der Waals surface area contributed by atoms with Gasteiger partial charge in [-0.3, -0.25) is 0 Å². The molecular weight excluding hydrogens is 352 g/mol. The van der Waals surface area contributed by atoms with Crippen LogP contribution in [0.15, 0.2) is 48.5 Å². The van der Waals surface area contributed by atoms with E-state index < -0.39 is 12.2 Å². The van der Waals surface area contributed by atoms with E-state index in [9.17, 15) is 10.2 Å². The van der Waals surface area contributed by atoms with Crippen molar-refractivity contribution in [2.45, 2.75) is 51.7 Å². The first-order valence-electron chi connectivity index (χ1n) is 10.2. The van der Waals surface area contributed by atoms with Crippen LogP contribution in [0.1, 0.15) is 39.5 Å². The number of aliphatic hydroxyl groups excluding tert-OH is 2. The molecule has 0 amide bonds. The van der Waals surface area contributed by atoms with E-state index in [0.717, 1.165) is 45.9 Å². The molecule has 0 aliphatic rings. The molecule has 0 radical (unpaired) electrons. The normalized spacial score (nSPS) is 13.6. The first-order chi connectivity index (χ1) is 13.7. The van der Waals surface area contributed by atoms with Gasteiger partial charge in [0, 0.05) is 21.5 Å². The molecule has 0 bridgehead atoms. The van der Waals surface area contributed by atoms with Gasteiger partial charge in [0.25, 0.3) is 0 Å². The minimum atomic E-state index is -0.484. The lowest BCUT2D eigenvalue weighted by molar-refractivity contribution is 0.0997. The van der Waals surface area contributed by atoms with Gasteiger partial charge in [0.1, 0.15) is 24.7 Å². The number of rotatable bonds is 10. The molecule has 4 nitrogen and oxygen atoms in total. The Bertz CT molecular complexity index is 775. The van der Waals surface area contributed by atoms with Gasteiger partial charge in [0.2, 0.25) is 0 Å². The molecule has 0 saturated heterocycles. The highest BCUT2D eigenvalue weighted by atomic mass is 16.5. The zero-order valence-electron chi connectivity index (χ0n) is 16.7. The monoisotopic (exact) mass is 382 g/mol. The van der Waals surface area contributed by atoms with Crippen molar-refractivity contribution in [3.63, 3.8) is 0 Å². The van der Waals surface area contributed by atoms with E-state index in [1.165, 1.54) is 0 Å². The van der Waals surface area contributed by atoms with E-state index in [1.807, 2.05) is 62.4 Å². The van der Waals surface area contributed by atoms with Gasteiger partial charge in [-0.15, -0.1) is 0 Å². The summed E-state index contributed by atoms with van der Waals surface area (Å²) in [6.45, 7) is 4.62. The zero-order chi connectivity index (χ0) is 19.9. The van der Waals surface area contributed by atoms with Crippen LogP contribution in [-0.2, 0) is 0 Å². The van der Waals surface area contributed by atoms with Crippen LogP contribution >= 0.6 is 0 Å². The number of fused-ring (bicyclic) bond motifs is 2. The first-order valence-corrected chi connectivity index (χ1v) is 10.2. The second kappa shape index (κ2) is 9.76. The van der Waals surface area contributed by atoms with Crippen LogP contribution in [0.5, 0.6) is 11.5 Å². The largest absolute Gasteiger partial charge is 0.490 e. The topological polar surface area (TPSA) is 58.9 Å². The summed E-state index contributed by atoms with van der Waals surface area (Å²) in [5.74, 6) is 1.53. The Balaban J connectivity index is 2.05. The van der Waals surface area contributed by atoms with Crippen molar-refractivity contribution >= 4 is 21.5 Å². The molecule has 0 fully saturated rings. The Morgan fingerprint density at radius 2 is 0.964 bits per heavy atom. The van der Waals surface area contributed by atoms with Gasteiger partial charge >= 0.3 is 0 Å². The molecule has 3 aromatic rings. The highest BCUT2D eigenvalue weighted by molar-refractivity contribution is 6.11. The SMILES string of the molecule is CCCC(O)COc1c2ccccc2c(OCC(O)CCC)c2ccccc12. The van der Waals surface area contributed by atoms with Crippen molar-refractivity contribution in [1.82, 2.24) is 0 Å². The third-order valence-electron chi connectivity index (χ3n) is 4.92. The van der Waals surface area contributed by atoms with Gasteiger partial charge in [-0.2, -0.15) is 0 Å². The smallest absolute Gasteiger partial charge is 0.135 e. The summed E-state index contributed by atoms with van der Waals surface area (Å²) >= 11 is 0. The minimum absolute atomic E-state index is 0.261. The van der Waals surface area contributed by atoms with E-state index in [2.05, 4.69) is 0 Å². The van der Waals surface area contributed by atoms with Crippen molar-refractivity contribution in [2.75, 3.05) is 13.2 Å². The van der Waals surface area contributed by atoms with Crippen molar-refractivity contribution in [3.8, 4) is 11.5 Å². The maximum absolute atomic E-state index is 10.1. The third kappa shape index (κ3) is 4.57. The zero-order valence-corrected chi connectivity index (χ0v) is 16.7. The van der Waals surface area contributed by atoms with Crippen molar-refractivity contribution in [2.24, 2.45) is 0 Å². The summed E-state index contributed by atoms with van der Waals surface area (Å²) in [4.78, 5) is 0. The van der Waals surface area contributed by atoms with Crippen LogP contribution in [0, 0.1) is 0 Å². The third-order valence-corrected chi connectivity index (χ3v) is 4.92. The molecule has 2 unspecified atom stereocenters. The average Bonchev–Trinajstić information content (AvgIpc) is 2.71. The van der Waals surface area contributed by atoms with Crippen molar-refractivity contribution < 1.29 is 19.7 Å². The van der Waals surface area contributed by atoms with E-state index in [0.29, 0.717) is 12.8 Å². The fourth-order valence-corrected chi connectivity index (χ4v) is 3.55. The fourth-order valence-electron chi connectivity index (χ4n) is 3.55. The van der Waals surface area contributed by atoms with E-state index >= 15 is 0 Å². The summed E-state index contributed by atoms with van der Waals surface area (Å²) < 4.78 is 12.2. The molecule has 28 heavy (non-hydrogen) atoms. The minimum Gasteiger partial charge on any atom is -0.490 e. The number of hydrogen-bond donors (Lipinski definition) is 2. The molecule has 0 aliphatic heterocycles. The van der Waals surface area contributed by atoms with Gasteiger partial charge in [-0.25, -0.2) is 0 Å². The van der Waals surface area contributed by atoms with Gasteiger partial charge in [0.15, 0.2) is 0 Å². The Kier molecular flexibility index (Phi) is 7.12. The van der Waals surface area contributed by atoms with E-state index in [4.69, 9.17) is 9.47 Å². The highest BCUT2D eigenvalue weighted by Crippen LogP contribution is 2.42. The molecule has 3 aromatic carbocycles. The van der Waals surface area contributed by atoms with Gasteiger partial charge in [-0.1, -0.05) is 75.2 Å². The van der Waals surface area contributed by atoms with Crippen LogP contribution in [0.4, 0.5) is 0 Å². The molecule has 2 N–H and O–H groups in total. The lowest BCUT2D eigenvalue weighted by Crippen LogP contribution is -2.18. The molecular formula is C24H30O4. The van der Waals surface area contributed by atoms with Gasteiger partial charge < -0.3 is 19.7 Å². The Labute approximate surface area is 166 Å². The predicted octanol–water partition coefficient (Wildman–Crippen LogP) is 5.07. The van der Waals surface area contributed by atoms with E-state index in [-0.39, 0.29) is 13.2 Å². The number of aliphatic hydroxyl groups is 2. The molecule has 3 rings (SSSR count). The quantitative estimate of drug-likeness (QED) is 0.481. The Morgan fingerprint density at radius 3 is 1.25 bits per heavy atom. The summed E-state index contributed by atoms with van der Waals surface area (Å²) in [7, 11) is 0. The number of hydrogen-bond acceptors (Lipinski definition) is 4. The Morgan fingerprint density at radius 1 is 0.643 bits per heavy atom. The van der Waals surface area contributed by atoms with Crippen LogP contribution in [-0.4, -0.2) is 35.6 Å². The lowest BCUT2D eigenvalue weighted by Gasteiger charge is -2.20. The maximum atomic E-state index is 10.1. The second-order valence-corrected chi connectivity index (χ2v) is 7.26. The van der Waals surface area contributed by atoms with Crippen LogP contribution in [0.25, 0.3) is 21.5 Å². The van der Waals surface area contributed by atoms with Crippen LogP contribution < -0.4 is 9.47 Å². The standard InChI is InChI=1S/C24H30O4/c1-3-9-17(25)15-27-23-19-11-5-7-13-21(19)24(28-16-18(26)10-4-2)22-14-8-6-12-20(22)23/h5-8,11-14,17-18,25-26H,3-4,9-10,15-16H2,1-2H3. The fraction of sp³-hybridized carbons (Fsp3) is 0.417. The lowest BCUT2D eigenvalue weighted by atomic mass is 10.0. The molecule has 4 heteroatoms. The molecule has 0 aromatic heterocycles. The molecule has 0 aliphatic carbocycles. The van der Waals surface area contributed by atoms with Crippen molar-refractivity contribution in [1.29, 1.82) is 0 Å². The molecule has 0 heterocycles. The first kappa shape index (κ1) is 20.4. The molecule has 2 atom stereocenters. The summed E-state index contributed by atoms with van der Waals surface area (Å²) in [5.41, 5.74) is 0. The summed E-state index contributed by atoms with van der Waals surface area (Å²) in [5, 5.41) is 24.1. The number of ether oxygens (including phenoxy) is 2. The van der Waals surface area contributed by atoms with E-state index in [1.54, 1.807) is 0 Å². The predicted molar refractivity (Wildman–Crippen MR) is 114 cm³/mol. The molecule has 150 valence electrons. The molecule has 0 saturated carbocycles. The van der Waals surface area contributed by atoms with Crippen molar-refractivity contribution in [3.05, 3.63) is 48.5 Å². The maximum Gasteiger partial charge on any atom is 0.135 e. The second-order valence-electron chi connectivity index (χ2n) is 7.26.